The molecule has 0 saturated carbocycles. The van der Waals surface area contributed by atoms with Crippen molar-refractivity contribution >= 4 is 15.6 Å². The Kier molecular flexibility index (Phi) is 6.79. The van der Waals surface area contributed by atoms with Crippen LogP contribution < -0.4 is 0 Å². The van der Waals surface area contributed by atoms with E-state index in [1.165, 1.54) is 0 Å². The Morgan fingerprint density at radius 2 is 1.71 bits per heavy atom. The fourth-order valence-corrected chi connectivity index (χ4v) is 1.77. The number of sulfone groups is 1. The van der Waals surface area contributed by atoms with E-state index < -0.39 is 9.84 Å². The molecule has 0 aromatic rings. The van der Waals surface area contributed by atoms with Crippen molar-refractivity contribution in [2.24, 2.45) is 0 Å². The summed E-state index contributed by atoms with van der Waals surface area (Å²) in [5.74, 6) is 0.0751. The molecular formula is C10H20O3S. The summed E-state index contributed by atoms with van der Waals surface area (Å²) in [5, 5.41) is 0. The monoisotopic (exact) mass is 220 g/mol. The van der Waals surface area contributed by atoms with Gasteiger partial charge in [0.1, 0.15) is 15.6 Å². The molecule has 0 bridgehead atoms. The van der Waals surface area contributed by atoms with Crippen LogP contribution in [0.1, 0.15) is 45.4 Å². The van der Waals surface area contributed by atoms with Crippen LogP contribution in [0.2, 0.25) is 0 Å². The van der Waals surface area contributed by atoms with Crippen molar-refractivity contribution in [1.82, 2.24) is 0 Å². The highest BCUT2D eigenvalue weighted by molar-refractivity contribution is 7.90. The van der Waals surface area contributed by atoms with Gasteiger partial charge < -0.3 is 0 Å². The Morgan fingerprint density at radius 3 is 2.21 bits per heavy atom. The number of carbonyl (C=O) groups is 1. The van der Waals surface area contributed by atoms with E-state index >= 15 is 0 Å². The second-order valence-corrected chi connectivity index (χ2v) is 5.99. The van der Waals surface area contributed by atoms with E-state index in [-0.39, 0.29) is 18.0 Å². The van der Waals surface area contributed by atoms with E-state index in [1.807, 2.05) is 0 Å². The summed E-state index contributed by atoms with van der Waals surface area (Å²) in [7, 11) is -2.98. The molecule has 0 aromatic heterocycles. The molecule has 3 nitrogen and oxygen atoms in total. The third kappa shape index (κ3) is 9.71. The van der Waals surface area contributed by atoms with E-state index in [0.29, 0.717) is 6.42 Å². The Balaban J connectivity index is 3.47. The minimum absolute atomic E-state index is 0.000386. The summed E-state index contributed by atoms with van der Waals surface area (Å²) in [6.45, 7) is 2.12. The first-order chi connectivity index (χ1) is 6.45. The maximum atomic E-state index is 11.2. The molecule has 0 aliphatic heterocycles. The van der Waals surface area contributed by atoms with Crippen LogP contribution in [0.4, 0.5) is 0 Å². The average Bonchev–Trinajstić information content (AvgIpc) is 2.08. The average molecular weight is 220 g/mol. The van der Waals surface area contributed by atoms with Crippen molar-refractivity contribution < 1.29 is 13.2 Å². The highest BCUT2D eigenvalue weighted by Crippen LogP contribution is 2.04. The van der Waals surface area contributed by atoms with Gasteiger partial charge >= 0.3 is 0 Å². The molecule has 0 aromatic carbocycles. The summed E-state index contributed by atoms with van der Waals surface area (Å²) in [6.07, 6.45) is 6.16. The predicted octanol–water partition coefficient (Wildman–Crippen LogP) is 1.96. The fourth-order valence-electron chi connectivity index (χ4n) is 1.17. The molecule has 0 saturated heterocycles. The minimum Gasteiger partial charge on any atom is -0.300 e. The number of ketones is 1. The van der Waals surface area contributed by atoms with Gasteiger partial charge in [-0.1, -0.05) is 26.2 Å². The molecule has 0 heterocycles. The molecule has 0 amide bonds. The van der Waals surface area contributed by atoms with Gasteiger partial charge in [-0.25, -0.2) is 8.42 Å². The van der Waals surface area contributed by atoms with Crippen molar-refractivity contribution in [3.05, 3.63) is 0 Å². The summed E-state index contributed by atoms with van der Waals surface area (Å²) < 4.78 is 21.5. The topological polar surface area (TPSA) is 51.2 Å². The molecule has 0 aliphatic rings. The van der Waals surface area contributed by atoms with Gasteiger partial charge in [-0.3, -0.25) is 4.79 Å². The lowest BCUT2D eigenvalue weighted by Crippen LogP contribution is -2.09. The molecule has 14 heavy (non-hydrogen) atoms. The zero-order valence-corrected chi connectivity index (χ0v) is 9.90. The standard InChI is InChI=1S/C10H20O3S/c1-3-4-5-6-7-10(11)8-9-14(2,12)13/h3-9H2,1-2H3. The van der Waals surface area contributed by atoms with Crippen LogP contribution >= 0.6 is 0 Å². The van der Waals surface area contributed by atoms with E-state index in [9.17, 15) is 13.2 Å². The smallest absolute Gasteiger partial charge is 0.147 e. The summed E-state index contributed by atoms with van der Waals surface area (Å²) >= 11 is 0. The molecule has 0 radical (unpaired) electrons. The molecule has 0 rings (SSSR count). The Hall–Kier alpha value is -0.380. The van der Waals surface area contributed by atoms with Crippen LogP contribution in [-0.4, -0.2) is 26.2 Å². The van der Waals surface area contributed by atoms with Crippen LogP contribution in [0.3, 0.4) is 0 Å². The Labute approximate surface area is 86.8 Å². The quantitative estimate of drug-likeness (QED) is 0.588. The summed E-state index contributed by atoms with van der Waals surface area (Å²) in [6, 6.07) is 0. The Bertz CT molecular complexity index is 255. The van der Waals surface area contributed by atoms with Crippen molar-refractivity contribution in [3.63, 3.8) is 0 Å². The number of Topliss-reactive ketones (excluding diaryl/α,β-unsaturated/α-hetero) is 1. The molecule has 0 N–H and O–H groups in total. The van der Waals surface area contributed by atoms with Gasteiger partial charge in [0.05, 0.1) is 5.75 Å². The van der Waals surface area contributed by atoms with Gasteiger partial charge in [-0.2, -0.15) is 0 Å². The molecule has 0 spiro atoms. The number of hydrogen-bond acceptors (Lipinski definition) is 3. The molecule has 0 fully saturated rings. The number of carbonyl (C=O) groups excluding carboxylic acids is 1. The maximum absolute atomic E-state index is 11.2. The molecule has 0 atom stereocenters. The third-order valence-corrected chi connectivity index (χ3v) is 3.01. The van der Waals surface area contributed by atoms with Crippen LogP contribution in [0.5, 0.6) is 0 Å². The zero-order valence-electron chi connectivity index (χ0n) is 9.08. The molecule has 0 unspecified atom stereocenters. The van der Waals surface area contributed by atoms with Crippen LogP contribution in [-0.2, 0) is 14.6 Å². The third-order valence-electron chi connectivity index (χ3n) is 2.06. The van der Waals surface area contributed by atoms with Crippen molar-refractivity contribution in [2.45, 2.75) is 45.4 Å². The van der Waals surface area contributed by atoms with Gasteiger partial charge in [-0.15, -0.1) is 0 Å². The van der Waals surface area contributed by atoms with E-state index in [4.69, 9.17) is 0 Å². The SMILES string of the molecule is CCCCCCC(=O)CCS(C)(=O)=O. The van der Waals surface area contributed by atoms with Crippen LogP contribution in [0.15, 0.2) is 0 Å². The molecule has 0 aliphatic carbocycles. The Morgan fingerprint density at radius 1 is 1.07 bits per heavy atom. The van der Waals surface area contributed by atoms with Crippen molar-refractivity contribution in [1.29, 1.82) is 0 Å². The second-order valence-electron chi connectivity index (χ2n) is 3.73. The lowest BCUT2D eigenvalue weighted by molar-refractivity contribution is -0.118. The molecular weight excluding hydrogens is 200 g/mol. The van der Waals surface area contributed by atoms with Crippen molar-refractivity contribution in [3.8, 4) is 0 Å². The first-order valence-corrected chi connectivity index (χ1v) is 7.21. The van der Waals surface area contributed by atoms with E-state index in [2.05, 4.69) is 6.92 Å². The van der Waals surface area contributed by atoms with E-state index in [1.54, 1.807) is 0 Å². The van der Waals surface area contributed by atoms with Gasteiger partial charge in [0, 0.05) is 19.1 Å². The van der Waals surface area contributed by atoms with Gasteiger partial charge in [0.15, 0.2) is 0 Å². The largest absolute Gasteiger partial charge is 0.300 e. The number of rotatable bonds is 8. The first-order valence-electron chi connectivity index (χ1n) is 5.15. The highest BCUT2D eigenvalue weighted by Gasteiger charge is 2.07. The van der Waals surface area contributed by atoms with Gasteiger partial charge in [0.25, 0.3) is 0 Å². The summed E-state index contributed by atoms with van der Waals surface area (Å²) in [4.78, 5) is 11.2. The maximum Gasteiger partial charge on any atom is 0.147 e. The van der Waals surface area contributed by atoms with E-state index in [0.717, 1.165) is 31.9 Å². The highest BCUT2D eigenvalue weighted by atomic mass is 32.2. The molecule has 84 valence electrons. The fraction of sp³-hybridized carbons (Fsp3) is 0.900. The van der Waals surface area contributed by atoms with Crippen molar-refractivity contribution in [2.75, 3.05) is 12.0 Å². The zero-order chi connectivity index (χ0) is 11.0. The van der Waals surface area contributed by atoms with Gasteiger partial charge in [-0.05, 0) is 6.42 Å². The minimum atomic E-state index is -2.98. The predicted molar refractivity (Wildman–Crippen MR) is 58.1 cm³/mol. The number of hydrogen-bond donors (Lipinski definition) is 0. The normalized spacial score (nSPS) is 11.6. The lowest BCUT2D eigenvalue weighted by Gasteiger charge is -1.99. The van der Waals surface area contributed by atoms with Gasteiger partial charge in [0.2, 0.25) is 0 Å². The lowest BCUT2D eigenvalue weighted by atomic mass is 10.1. The van der Waals surface area contributed by atoms with Crippen LogP contribution in [0.25, 0.3) is 0 Å². The molecule has 4 heteroatoms. The number of unbranched alkanes of at least 4 members (excludes halogenated alkanes) is 3. The first kappa shape index (κ1) is 13.6. The van der Waals surface area contributed by atoms with Crippen LogP contribution in [0, 0.1) is 0 Å². The summed E-state index contributed by atoms with van der Waals surface area (Å²) in [5.41, 5.74) is 0. The second kappa shape index (κ2) is 6.98.